The van der Waals surface area contributed by atoms with Crippen LogP contribution < -0.4 is 11.1 Å². The first-order chi connectivity index (χ1) is 8.11. The van der Waals surface area contributed by atoms with Gasteiger partial charge in [0.1, 0.15) is 0 Å². The van der Waals surface area contributed by atoms with Crippen molar-refractivity contribution in [2.75, 3.05) is 6.54 Å². The third-order valence-corrected chi connectivity index (χ3v) is 3.52. The van der Waals surface area contributed by atoms with Gasteiger partial charge in [0, 0.05) is 17.8 Å². The van der Waals surface area contributed by atoms with E-state index in [9.17, 15) is 4.79 Å². The van der Waals surface area contributed by atoms with Gasteiger partial charge in [-0.1, -0.05) is 19.3 Å². The summed E-state index contributed by atoms with van der Waals surface area (Å²) in [5.41, 5.74) is 7.43. The molecule has 5 nitrogen and oxygen atoms in total. The number of aromatic amines is 1. The summed E-state index contributed by atoms with van der Waals surface area (Å²) >= 11 is 0. The molecule has 1 aliphatic carbocycles. The van der Waals surface area contributed by atoms with Crippen LogP contribution in [0.25, 0.3) is 0 Å². The molecule has 0 radical (unpaired) electrons. The highest BCUT2D eigenvalue weighted by Gasteiger charge is 2.28. The van der Waals surface area contributed by atoms with Crippen molar-refractivity contribution in [3.8, 4) is 0 Å². The number of rotatable bonds is 3. The maximum Gasteiger partial charge on any atom is 0.254 e. The number of H-pyrrole nitrogens is 1. The van der Waals surface area contributed by atoms with Gasteiger partial charge in [-0.05, 0) is 19.8 Å². The molecule has 1 fully saturated rings. The van der Waals surface area contributed by atoms with Crippen LogP contribution in [0, 0.1) is 6.92 Å². The molecule has 2 rings (SSSR count). The van der Waals surface area contributed by atoms with Gasteiger partial charge in [0.2, 0.25) is 0 Å². The monoisotopic (exact) mass is 272 g/mol. The SMILES string of the molecule is Cc1[nH]ncc1C(=O)NCC1(N)CCCCC1.Cl. The molecule has 1 aliphatic rings. The minimum absolute atomic E-state index is 0. The zero-order valence-electron chi connectivity index (χ0n) is 10.7. The molecule has 0 atom stereocenters. The van der Waals surface area contributed by atoms with Crippen LogP contribution in [0.3, 0.4) is 0 Å². The van der Waals surface area contributed by atoms with E-state index >= 15 is 0 Å². The van der Waals surface area contributed by atoms with Gasteiger partial charge in [-0.2, -0.15) is 5.10 Å². The van der Waals surface area contributed by atoms with Gasteiger partial charge >= 0.3 is 0 Å². The molecule has 0 aliphatic heterocycles. The first-order valence-electron chi connectivity index (χ1n) is 6.18. The number of amides is 1. The predicted octanol–water partition coefficient (Wildman–Crippen LogP) is 1.53. The summed E-state index contributed by atoms with van der Waals surface area (Å²) in [5.74, 6) is -0.0911. The molecule has 4 N–H and O–H groups in total. The fourth-order valence-electron chi connectivity index (χ4n) is 2.36. The highest BCUT2D eigenvalue weighted by atomic mass is 35.5. The van der Waals surface area contributed by atoms with Crippen LogP contribution in [0.5, 0.6) is 0 Å². The van der Waals surface area contributed by atoms with Gasteiger partial charge in [-0.3, -0.25) is 9.89 Å². The molecule has 0 aromatic carbocycles. The molecule has 0 bridgehead atoms. The molecule has 1 amide bonds. The Hall–Kier alpha value is -1.07. The van der Waals surface area contributed by atoms with E-state index in [4.69, 9.17) is 5.73 Å². The zero-order chi connectivity index (χ0) is 12.3. The molecular weight excluding hydrogens is 252 g/mol. The minimum Gasteiger partial charge on any atom is -0.350 e. The molecule has 1 aromatic heterocycles. The molecule has 1 aromatic rings. The topological polar surface area (TPSA) is 83.8 Å². The number of hydrogen-bond acceptors (Lipinski definition) is 3. The Kier molecular flexibility index (Phi) is 5.16. The van der Waals surface area contributed by atoms with Gasteiger partial charge in [0.25, 0.3) is 5.91 Å². The summed E-state index contributed by atoms with van der Waals surface area (Å²) in [6.07, 6.45) is 7.13. The van der Waals surface area contributed by atoms with Crippen molar-refractivity contribution in [2.24, 2.45) is 5.73 Å². The second kappa shape index (κ2) is 6.20. The second-order valence-corrected chi connectivity index (χ2v) is 5.01. The fourth-order valence-corrected chi connectivity index (χ4v) is 2.36. The lowest BCUT2D eigenvalue weighted by atomic mass is 9.82. The highest BCUT2D eigenvalue weighted by Crippen LogP contribution is 2.25. The molecule has 102 valence electrons. The van der Waals surface area contributed by atoms with Crippen LogP contribution in [0.1, 0.15) is 48.2 Å². The second-order valence-electron chi connectivity index (χ2n) is 5.01. The van der Waals surface area contributed by atoms with Gasteiger partial charge in [-0.15, -0.1) is 12.4 Å². The van der Waals surface area contributed by atoms with E-state index in [1.165, 1.54) is 6.42 Å². The molecule has 0 saturated heterocycles. The van der Waals surface area contributed by atoms with Crippen molar-refractivity contribution in [1.82, 2.24) is 15.5 Å². The Morgan fingerprint density at radius 1 is 1.50 bits per heavy atom. The lowest BCUT2D eigenvalue weighted by molar-refractivity contribution is 0.0937. The van der Waals surface area contributed by atoms with E-state index in [0.29, 0.717) is 12.1 Å². The van der Waals surface area contributed by atoms with E-state index in [2.05, 4.69) is 15.5 Å². The van der Waals surface area contributed by atoms with Crippen LogP contribution in [0.2, 0.25) is 0 Å². The van der Waals surface area contributed by atoms with E-state index in [-0.39, 0.29) is 23.9 Å². The van der Waals surface area contributed by atoms with Gasteiger partial charge < -0.3 is 11.1 Å². The van der Waals surface area contributed by atoms with Crippen molar-refractivity contribution in [3.63, 3.8) is 0 Å². The van der Waals surface area contributed by atoms with Gasteiger partial charge in [0.15, 0.2) is 0 Å². The number of nitrogens with zero attached hydrogens (tertiary/aromatic N) is 1. The predicted molar refractivity (Wildman–Crippen MR) is 72.9 cm³/mol. The maximum atomic E-state index is 11.9. The minimum atomic E-state index is -0.217. The molecular formula is C12H21ClN4O. The largest absolute Gasteiger partial charge is 0.350 e. The quantitative estimate of drug-likeness (QED) is 0.780. The van der Waals surface area contributed by atoms with Crippen LogP contribution in [0.4, 0.5) is 0 Å². The average Bonchev–Trinajstić information content (AvgIpc) is 2.74. The van der Waals surface area contributed by atoms with E-state index < -0.39 is 0 Å². The number of aromatic nitrogens is 2. The third-order valence-electron chi connectivity index (χ3n) is 3.52. The lowest BCUT2D eigenvalue weighted by Crippen LogP contribution is -2.51. The van der Waals surface area contributed by atoms with Crippen LogP contribution in [-0.4, -0.2) is 28.2 Å². The fraction of sp³-hybridized carbons (Fsp3) is 0.667. The lowest BCUT2D eigenvalue weighted by Gasteiger charge is -2.33. The summed E-state index contributed by atoms with van der Waals surface area (Å²) in [4.78, 5) is 11.9. The number of hydrogen-bond donors (Lipinski definition) is 3. The average molecular weight is 273 g/mol. The Morgan fingerprint density at radius 2 is 2.17 bits per heavy atom. The van der Waals surface area contributed by atoms with Crippen molar-refractivity contribution in [3.05, 3.63) is 17.5 Å². The first kappa shape index (κ1) is 15.0. The summed E-state index contributed by atoms with van der Waals surface area (Å²) < 4.78 is 0. The number of carbonyl (C=O) groups is 1. The zero-order valence-corrected chi connectivity index (χ0v) is 11.5. The third kappa shape index (κ3) is 3.46. The number of carbonyl (C=O) groups excluding carboxylic acids is 1. The highest BCUT2D eigenvalue weighted by molar-refractivity contribution is 5.94. The van der Waals surface area contributed by atoms with Crippen molar-refractivity contribution < 1.29 is 4.79 Å². The van der Waals surface area contributed by atoms with Crippen LogP contribution in [-0.2, 0) is 0 Å². The molecule has 18 heavy (non-hydrogen) atoms. The van der Waals surface area contributed by atoms with Crippen molar-refractivity contribution >= 4 is 18.3 Å². The molecule has 1 heterocycles. The first-order valence-corrected chi connectivity index (χ1v) is 6.18. The normalized spacial score (nSPS) is 17.9. The smallest absolute Gasteiger partial charge is 0.254 e. The van der Waals surface area contributed by atoms with Crippen LogP contribution in [0.15, 0.2) is 6.20 Å². The number of halogens is 1. The van der Waals surface area contributed by atoms with Crippen molar-refractivity contribution in [2.45, 2.75) is 44.6 Å². The summed E-state index contributed by atoms with van der Waals surface area (Å²) in [5, 5.41) is 9.50. The number of aryl methyl sites for hydroxylation is 1. The van der Waals surface area contributed by atoms with E-state index in [1.54, 1.807) is 6.20 Å². The van der Waals surface area contributed by atoms with Gasteiger partial charge in [0.05, 0.1) is 11.8 Å². The molecule has 0 spiro atoms. The van der Waals surface area contributed by atoms with Crippen LogP contribution >= 0.6 is 12.4 Å². The molecule has 6 heteroatoms. The Balaban J connectivity index is 0.00000162. The standard InChI is InChI=1S/C12H20N4O.ClH/c1-9-10(7-15-16-9)11(17)14-8-12(13)5-3-2-4-6-12;/h7H,2-6,8,13H2,1H3,(H,14,17)(H,15,16);1H. The Labute approximate surface area is 113 Å². The Morgan fingerprint density at radius 3 is 2.72 bits per heavy atom. The maximum absolute atomic E-state index is 11.9. The van der Waals surface area contributed by atoms with E-state index in [0.717, 1.165) is 31.4 Å². The molecule has 0 unspecified atom stereocenters. The van der Waals surface area contributed by atoms with E-state index in [1.807, 2.05) is 6.92 Å². The Bertz CT molecular complexity index is 399. The summed E-state index contributed by atoms with van der Waals surface area (Å²) in [7, 11) is 0. The number of nitrogens with two attached hydrogens (primary N) is 1. The van der Waals surface area contributed by atoms with Crippen molar-refractivity contribution in [1.29, 1.82) is 0 Å². The molecule has 1 saturated carbocycles. The summed E-state index contributed by atoms with van der Waals surface area (Å²) in [6.45, 7) is 2.39. The summed E-state index contributed by atoms with van der Waals surface area (Å²) in [6, 6.07) is 0. The van der Waals surface area contributed by atoms with Gasteiger partial charge in [-0.25, -0.2) is 0 Å². The number of nitrogens with one attached hydrogen (secondary N) is 2.